The molecule has 1 aliphatic rings. The molecule has 4 nitrogen and oxygen atoms in total. The third kappa shape index (κ3) is 3.18. The van der Waals surface area contributed by atoms with E-state index < -0.39 is 10.0 Å². The van der Waals surface area contributed by atoms with E-state index in [0.29, 0.717) is 4.88 Å². The Morgan fingerprint density at radius 2 is 2.21 bits per heavy atom. The van der Waals surface area contributed by atoms with Crippen molar-refractivity contribution in [2.24, 2.45) is 5.41 Å². The summed E-state index contributed by atoms with van der Waals surface area (Å²) in [5.41, 5.74) is -0.0132. The Morgan fingerprint density at radius 3 is 2.84 bits per heavy atom. The van der Waals surface area contributed by atoms with Crippen molar-refractivity contribution in [3.8, 4) is 0 Å². The van der Waals surface area contributed by atoms with E-state index in [1.165, 1.54) is 11.3 Å². The fourth-order valence-corrected chi connectivity index (χ4v) is 5.38. The summed E-state index contributed by atoms with van der Waals surface area (Å²) in [5, 5.41) is 10.9. The summed E-state index contributed by atoms with van der Waals surface area (Å²) in [6, 6.07) is 1.53. The number of rotatable bonds is 4. The van der Waals surface area contributed by atoms with Crippen LogP contribution >= 0.6 is 11.3 Å². The van der Waals surface area contributed by atoms with Gasteiger partial charge in [-0.25, -0.2) is 13.1 Å². The Balaban J connectivity index is 2.22. The van der Waals surface area contributed by atoms with Crippen LogP contribution in [0.1, 0.15) is 44.4 Å². The predicted molar refractivity (Wildman–Crippen MR) is 76.6 cm³/mol. The van der Waals surface area contributed by atoms with Gasteiger partial charge < -0.3 is 5.11 Å². The van der Waals surface area contributed by atoms with Crippen LogP contribution in [0.25, 0.3) is 0 Å². The van der Waals surface area contributed by atoms with Crippen molar-refractivity contribution < 1.29 is 13.5 Å². The third-order valence-electron chi connectivity index (χ3n) is 3.94. The van der Waals surface area contributed by atoms with Crippen molar-refractivity contribution in [3.05, 3.63) is 16.3 Å². The van der Waals surface area contributed by atoms with E-state index in [-0.39, 0.29) is 23.0 Å². The van der Waals surface area contributed by atoms with E-state index in [1.807, 2.05) is 0 Å². The van der Waals surface area contributed by atoms with Crippen LogP contribution in [0.2, 0.25) is 0 Å². The Bertz CT molecular complexity index is 534. The zero-order chi connectivity index (χ0) is 14.1. The maximum atomic E-state index is 12.4. The molecule has 0 amide bonds. The zero-order valence-corrected chi connectivity index (χ0v) is 13.0. The van der Waals surface area contributed by atoms with Gasteiger partial charge in [0.25, 0.3) is 0 Å². The molecule has 0 aromatic carbocycles. The molecule has 108 valence electrons. The van der Waals surface area contributed by atoms with Gasteiger partial charge in [0.1, 0.15) is 0 Å². The van der Waals surface area contributed by atoms with Crippen LogP contribution in [0.3, 0.4) is 0 Å². The van der Waals surface area contributed by atoms with E-state index in [4.69, 9.17) is 0 Å². The summed E-state index contributed by atoms with van der Waals surface area (Å²) in [5.74, 6) is 0. The molecular weight excluding hydrogens is 282 g/mol. The first-order valence-corrected chi connectivity index (χ1v) is 8.93. The monoisotopic (exact) mass is 303 g/mol. The van der Waals surface area contributed by atoms with E-state index >= 15 is 0 Å². The molecule has 1 fully saturated rings. The average Bonchev–Trinajstić information content (AvgIpc) is 2.80. The van der Waals surface area contributed by atoms with Crippen molar-refractivity contribution in [1.29, 1.82) is 0 Å². The second-order valence-corrected chi connectivity index (χ2v) is 8.46. The molecule has 1 aromatic rings. The summed E-state index contributed by atoms with van der Waals surface area (Å²) >= 11 is 1.27. The SMILES string of the molecule is CC1(C)CCCCC1NS(=O)(=O)c1ccsc1CO. The normalized spacial score (nSPS) is 23.4. The molecule has 1 atom stereocenters. The summed E-state index contributed by atoms with van der Waals surface area (Å²) in [4.78, 5) is 0.725. The lowest BCUT2D eigenvalue weighted by Gasteiger charge is -2.38. The molecular formula is C13H21NO3S2. The highest BCUT2D eigenvalue weighted by Gasteiger charge is 2.35. The standard InChI is InChI=1S/C13H21NO3S2/c1-13(2)7-4-3-5-12(13)14-19(16,17)11-6-8-18-10(11)9-15/h6,8,12,14-15H,3-5,7,9H2,1-2H3. The number of aliphatic hydroxyl groups excluding tert-OH is 1. The van der Waals surface area contributed by atoms with E-state index in [9.17, 15) is 13.5 Å². The molecule has 0 bridgehead atoms. The lowest BCUT2D eigenvalue weighted by molar-refractivity contribution is 0.188. The molecule has 1 aromatic heterocycles. The van der Waals surface area contributed by atoms with Gasteiger partial charge >= 0.3 is 0 Å². The number of aliphatic hydroxyl groups is 1. The molecule has 1 aliphatic carbocycles. The predicted octanol–water partition coefficient (Wildman–Crippen LogP) is 2.49. The van der Waals surface area contributed by atoms with E-state index in [2.05, 4.69) is 18.6 Å². The van der Waals surface area contributed by atoms with Crippen LogP contribution in [-0.2, 0) is 16.6 Å². The Hall–Kier alpha value is -0.430. The van der Waals surface area contributed by atoms with Crippen LogP contribution < -0.4 is 4.72 Å². The van der Waals surface area contributed by atoms with Gasteiger partial charge in [-0.15, -0.1) is 11.3 Å². The number of nitrogens with one attached hydrogen (secondary N) is 1. The summed E-state index contributed by atoms with van der Waals surface area (Å²) in [6.07, 6.45) is 4.14. The van der Waals surface area contributed by atoms with Gasteiger partial charge in [-0.05, 0) is 29.7 Å². The van der Waals surface area contributed by atoms with Crippen LogP contribution in [0.5, 0.6) is 0 Å². The fraction of sp³-hybridized carbons (Fsp3) is 0.692. The third-order valence-corrected chi connectivity index (χ3v) is 6.53. The van der Waals surface area contributed by atoms with Crippen molar-refractivity contribution in [3.63, 3.8) is 0 Å². The maximum absolute atomic E-state index is 12.4. The Morgan fingerprint density at radius 1 is 1.47 bits per heavy atom. The minimum atomic E-state index is -3.53. The second-order valence-electron chi connectivity index (χ2n) is 5.77. The molecule has 0 saturated heterocycles. The molecule has 1 unspecified atom stereocenters. The van der Waals surface area contributed by atoms with Crippen molar-refractivity contribution in [2.45, 2.75) is 57.1 Å². The Kier molecular flexibility index (Phi) is 4.35. The fourth-order valence-electron chi connectivity index (χ4n) is 2.65. The minimum absolute atomic E-state index is 0.0132. The number of sulfonamides is 1. The molecule has 1 saturated carbocycles. The molecule has 0 aliphatic heterocycles. The first-order valence-electron chi connectivity index (χ1n) is 6.56. The van der Waals surface area contributed by atoms with Gasteiger partial charge in [0.15, 0.2) is 0 Å². The lowest BCUT2D eigenvalue weighted by atomic mass is 9.74. The van der Waals surface area contributed by atoms with Gasteiger partial charge in [0, 0.05) is 10.9 Å². The highest BCUT2D eigenvalue weighted by atomic mass is 32.2. The van der Waals surface area contributed by atoms with Crippen molar-refractivity contribution >= 4 is 21.4 Å². The molecule has 19 heavy (non-hydrogen) atoms. The second kappa shape index (κ2) is 5.52. The topological polar surface area (TPSA) is 66.4 Å². The molecule has 6 heteroatoms. The Labute approximate surface area is 118 Å². The number of hydrogen-bond acceptors (Lipinski definition) is 4. The van der Waals surface area contributed by atoms with Gasteiger partial charge in [0.05, 0.1) is 11.5 Å². The smallest absolute Gasteiger partial charge is 0.242 e. The quantitative estimate of drug-likeness (QED) is 0.898. The van der Waals surface area contributed by atoms with Crippen LogP contribution in [0.15, 0.2) is 16.3 Å². The highest BCUT2D eigenvalue weighted by molar-refractivity contribution is 7.89. The molecule has 0 spiro atoms. The minimum Gasteiger partial charge on any atom is -0.391 e. The first kappa shape index (κ1) is 15.0. The van der Waals surface area contributed by atoms with E-state index in [0.717, 1.165) is 25.7 Å². The van der Waals surface area contributed by atoms with Crippen LogP contribution in [-0.4, -0.2) is 19.6 Å². The summed E-state index contributed by atoms with van der Waals surface area (Å²) in [7, 11) is -3.53. The van der Waals surface area contributed by atoms with Crippen LogP contribution in [0, 0.1) is 5.41 Å². The van der Waals surface area contributed by atoms with Gasteiger partial charge in [0.2, 0.25) is 10.0 Å². The highest BCUT2D eigenvalue weighted by Crippen LogP contribution is 2.36. The maximum Gasteiger partial charge on any atom is 0.242 e. The zero-order valence-electron chi connectivity index (χ0n) is 11.3. The lowest BCUT2D eigenvalue weighted by Crippen LogP contribution is -2.46. The van der Waals surface area contributed by atoms with Gasteiger partial charge in [-0.1, -0.05) is 26.7 Å². The molecule has 1 heterocycles. The summed E-state index contributed by atoms with van der Waals surface area (Å²) < 4.78 is 27.7. The molecule has 2 N–H and O–H groups in total. The first-order chi connectivity index (χ1) is 8.87. The molecule has 2 rings (SSSR count). The number of hydrogen-bond donors (Lipinski definition) is 2. The van der Waals surface area contributed by atoms with E-state index in [1.54, 1.807) is 11.4 Å². The average molecular weight is 303 g/mol. The van der Waals surface area contributed by atoms with Gasteiger partial charge in [-0.3, -0.25) is 0 Å². The van der Waals surface area contributed by atoms with Crippen molar-refractivity contribution in [2.75, 3.05) is 0 Å². The molecule has 0 radical (unpaired) electrons. The van der Waals surface area contributed by atoms with Crippen molar-refractivity contribution in [1.82, 2.24) is 4.72 Å². The number of thiophene rings is 1. The van der Waals surface area contributed by atoms with Crippen LogP contribution in [0.4, 0.5) is 0 Å². The largest absolute Gasteiger partial charge is 0.391 e. The summed E-state index contributed by atoms with van der Waals surface area (Å²) in [6.45, 7) is 3.99. The van der Waals surface area contributed by atoms with Gasteiger partial charge in [-0.2, -0.15) is 0 Å².